The molecule has 2 N–H and O–H groups in total. The van der Waals surface area contributed by atoms with Crippen LogP contribution >= 0.6 is 23.2 Å². The summed E-state index contributed by atoms with van der Waals surface area (Å²) in [6.07, 6.45) is 5.06. The van der Waals surface area contributed by atoms with E-state index in [9.17, 15) is 9.59 Å². The smallest absolute Gasteiger partial charge is 0.267 e. The number of rotatable bonds is 6. The van der Waals surface area contributed by atoms with Crippen LogP contribution in [-0.4, -0.2) is 22.6 Å². The Labute approximate surface area is 190 Å². The summed E-state index contributed by atoms with van der Waals surface area (Å²) in [5, 5.41) is 10.9. The third-order valence-corrected chi connectivity index (χ3v) is 6.37. The molecule has 3 aromatic rings. The largest absolute Gasteiger partial charge is 0.352 e. The number of nitrogens with zero attached hydrogens (tertiary/aromatic N) is 1. The Bertz CT molecular complexity index is 1170. The lowest BCUT2D eigenvalue weighted by Crippen LogP contribution is -2.26. The molecule has 1 aliphatic carbocycles. The Morgan fingerprint density at radius 3 is 2.61 bits per heavy atom. The maximum Gasteiger partial charge on any atom is 0.267 e. The number of fused-ring (bicyclic) bond motifs is 1. The molecule has 0 aliphatic heterocycles. The van der Waals surface area contributed by atoms with Crippen molar-refractivity contribution in [3.05, 3.63) is 96.4 Å². The first-order valence-electron chi connectivity index (χ1n) is 10.4. The molecule has 160 valence electrons. The second-order valence-electron chi connectivity index (χ2n) is 7.80. The maximum atomic E-state index is 12.6. The maximum absolute atomic E-state index is 12.6. The van der Waals surface area contributed by atoms with Crippen molar-refractivity contribution in [3.8, 4) is 0 Å². The first-order chi connectivity index (χ1) is 15.0. The number of carbonyl (C=O) groups excluding carboxylic acids is 1. The average Bonchev–Trinajstić information content (AvgIpc) is 2.78. The monoisotopic (exact) mass is 455 g/mol. The lowest BCUT2D eigenvalue weighted by Gasteiger charge is -2.17. The van der Waals surface area contributed by atoms with Gasteiger partial charge in [-0.05, 0) is 73.1 Å². The number of hydrogen-bond donors (Lipinski definition) is 2. The molecule has 0 radical (unpaired) electrons. The quantitative estimate of drug-likeness (QED) is 0.573. The number of hydrogen-bond acceptors (Lipinski definition) is 3. The van der Waals surface area contributed by atoms with E-state index in [1.807, 2.05) is 30.3 Å². The summed E-state index contributed by atoms with van der Waals surface area (Å²) < 4.78 is 0. The van der Waals surface area contributed by atoms with Crippen molar-refractivity contribution in [1.29, 1.82) is 0 Å². The Morgan fingerprint density at radius 1 is 1.00 bits per heavy atom. The summed E-state index contributed by atoms with van der Waals surface area (Å²) >= 11 is 12.0. The molecule has 7 heteroatoms. The van der Waals surface area contributed by atoms with Gasteiger partial charge in [0.2, 0.25) is 0 Å². The summed E-state index contributed by atoms with van der Waals surface area (Å²) in [6.45, 7) is 0.496. The Hall–Kier alpha value is -2.63. The molecule has 0 fully saturated rings. The number of amides is 1. The normalized spacial score (nSPS) is 13.0. The number of carbonyl (C=O) groups is 1. The zero-order valence-electron chi connectivity index (χ0n) is 17.0. The predicted molar refractivity (Wildman–Crippen MR) is 123 cm³/mol. The molecule has 2 aromatic carbocycles. The van der Waals surface area contributed by atoms with Gasteiger partial charge in [-0.1, -0.05) is 41.4 Å². The molecule has 4 rings (SSSR count). The predicted octanol–water partition coefficient (Wildman–Crippen LogP) is 4.52. The van der Waals surface area contributed by atoms with Gasteiger partial charge in [0.05, 0.1) is 15.7 Å². The van der Waals surface area contributed by atoms with E-state index < -0.39 is 0 Å². The molecular weight excluding hydrogens is 433 g/mol. The van der Waals surface area contributed by atoms with Crippen molar-refractivity contribution in [2.24, 2.45) is 0 Å². The van der Waals surface area contributed by atoms with Crippen LogP contribution in [0.3, 0.4) is 0 Å². The average molecular weight is 456 g/mol. The van der Waals surface area contributed by atoms with Crippen LogP contribution in [0.1, 0.15) is 51.1 Å². The highest BCUT2D eigenvalue weighted by atomic mass is 35.5. The van der Waals surface area contributed by atoms with E-state index in [1.165, 1.54) is 0 Å². The van der Waals surface area contributed by atoms with E-state index in [0.717, 1.165) is 53.6 Å². The minimum Gasteiger partial charge on any atom is -0.352 e. The van der Waals surface area contributed by atoms with Gasteiger partial charge in [0.1, 0.15) is 0 Å². The molecule has 1 aromatic heterocycles. The van der Waals surface area contributed by atoms with Crippen molar-refractivity contribution in [2.45, 2.75) is 38.5 Å². The summed E-state index contributed by atoms with van der Waals surface area (Å²) in [6, 6.07) is 13.0. The fraction of sp³-hybridized carbons (Fsp3) is 0.292. The van der Waals surface area contributed by atoms with Crippen molar-refractivity contribution in [1.82, 2.24) is 15.5 Å². The van der Waals surface area contributed by atoms with Crippen LogP contribution in [0, 0.1) is 0 Å². The van der Waals surface area contributed by atoms with Gasteiger partial charge in [0.25, 0.3) is 11.5 Å². The highest BCUT2D eigenvalue weighted by molar-refractivity contribution is 6.42. The molecule has 31 heavy (non-hydrogen) atoms. The number of H-pyrrole nitrogens is 1. The third-order valence-electron chi connectivity index (χ3n) is 5.63. The van der Waals surface area contributed by atoms with Crippen molar-refractivity contribution in [2.75, 3.05) is 6.54 Å². The van der Waals surface area contributed by atoms with E-state index in [0.29, 0.717) is 35.0 Å². The van der Waals surface area contributed by atoms with Gasteiger partial charge in [0, 0.05) is 24.1 Å². The molecule has 1 amide bonds. The summed E-state index contributed by atoms with van der Waals surface area (Å²) in [5.41, 5.74) is 5.37. The van der Waals surface area contributed by atoms with E-state index in [2.05, 4.69) is 15.5 Å². The van der Waals surface area contributed by atoms with Crippen molar-refractivity contribution >= 4 is 29.1 Å². The van der Waals surface area contributed by atoms with Crippen LogP contribution in [-0.2, 0) is 25.7 Å². The van der Waals surface area contributed by atoms with Crippen LogP contribution in [0.4, 0.5) is 0 Å². The second-order valence-corrected chi connectivity index (χ2v) is 8.61. The van der Waals surface area contributed by atoms with Gasteiger partial charge in [-0.2, -0.15) is 5.10 Å². The standard InChI is InChI=1S/C24H23Cl2N3O2/c25-20-9-8-15(13-21(20)26)10-11-27-23(30)17-5-3-4-16(12-17)14-22-18-6-1-2-7-19(18)24(31)29-28-22/h3-5,8-9,12-13H,1-2,6-7,10-11,14H2,(H,27,30)(H,29,31). The van der Waals surface area contributed by atoms with Gasteiger partial charge < -0.3 is 5.32 Å². The number of benzene rings is 2. The molecular formula is C24H23Cl2N3O2. The lowest BCUT2D eigenvalue weighted by molar-refractivity contribution is 0.0954. The molecule has 0 saturated heterocycles. The Morgan fingerprint density at radius 2 is 1.81 bits per heavy atom. The van der Waals surface area contributed by atoms with Gasteiger partial charge in [-0.3, -0.25) is 9.59 Å². The summed E-state index contributed by atoms with van der Waals surface area (Å²) in [5.74, 6) is -0.127. The molecule has 0 spiro atoms. The number of nitrogens with one attached hydrogen (secondary N) is 2. The van der Waals surface area contributed by atoms with E-state index in [-0.39, 0.29) is 11.5 Å². The summed E-state index contributed by atoms with van der Waals surface area (Å²) in [7, 11) is 0. The van der Waals surface area contributed by atoms with Crippen LogP contribution in [0.25, 0.3) is 0 Å². The highest BCUT2D eigenvalue weighted by Gasteiger charge is 2.18. The van der Waals surface area contributed by atoms with Crippen molar-refractivity contribution in [3.63, 3.8) is 0 Å². The number of aromatic nitrogens is 2. The van der Waals surface area contributed by atoms with Crippen LogP contribution < -0.4 is 10.9 Å². The van der Waals surface area contributed by atoms with E-state index in [1.54, 1.807) is 12.1 Å². The van der Waals surface area contributed by atoms with Crippen LogP contribution in [0.2, 0.25) is 10.0 Å². The van der Waals surface area contributed by atoms with Gasteiger partial charge >= 0.3 is 0 Å². The number of halogens is 2. The molecule has 0 bridgehead atoms. The molecule has 0 unspecified atom stereocenters. The molecule has 0 atom stereocenters. The van der Waals surface area contributed by atoms with Gasteiger partial charge in [-0.15, -0.1) is 0 Å². The van der Waals surface area contributed by atoms with Gasteiger partial charge in [-0.25, -0.2) is 5.10 Å². The van der Waals surface area contributed by atoms with Crippen LogP contribution in [0.5, 0.6) is 0 Å². The summed E-state index contributed by atoms with van der Waals surface area (Å²) in [4.78, 5) is 24.7. The first kappa shape index (κ1) is 21.6. The molecule has 5 nitrogen and oxygen atoms in total. The minimum absolute atomic E-state index is 0.0754. The van der Waals surface area contributed by atoms with Crippen molar-refractivity contribution < 1.29 is 4.79 Å². The molecule has 0 saturated carbocycles. The van der Waals surface area contributed by atoms with E-state index >= 15 is 0 Å². The zero-order valence-corrected chi connectivity index (χ0v) is 18.5. The molecule has 1 heterocycles. The van der Waals surface area contributed by atoms with Gasteiger partial charge in [0.15, 0.2) is 0 Å². The SMILES string of the molecule is O=C(NCCc1ccc(Cl)c(Cl)c1)c1cccc(Cc2n[nH]c(=O)c3c2CCCC3)c1. The molecule has 1 aliphatic rings. The number of aromatic amines is 1. The first-order valence-corrected chi connectivity index (χ1v) is 11.2. The fourth-order valence-electron chi connectivity index (χ4n) is 4.01. The second kappa shape index (κ2) is 9.67. The zero-order chi connectivity index (χ0) is 21.8. The Kier molecular flexibility index (Phi) is 6.73. The third kappa shape index (κ3) is 5.17. The minimum atomic E-state index is -0.127. The van der Waals surface area contributed by atoms with E-state index in [4.69, 9.17) is 23.2 Å². The highest BCUT2D eigenvalue weighted by Crippen LogP contribution is 2.23. The Balaban J connectivity index is 1.42. The topological polar surface area (TPSA) is 74.8 Å². The lowest BCUT2D eigenvalue weighted by atomic mass is 9.90. The fourth-order valence-corrected chi connectivity index (χ4v) is 4.33. The van der Waals surface area contributed by atoms with Crippen LogP contribution in [0.15, 0.2) is 47.3 Å².